The van der Waals surface area contributed by atoms with Gasteiger partial charge in [0.1, 0.15) is 10.7 Å². The van der Waals surface area contributed by atoms with Crippen molar-refractivity contribution in [2.45, 2.75) is 70.5 Å². The predicted molar refractivity (Wildman–Crippen MR) is 158 cm³/mol. The minimum atomic E-state index is -4.36. The first-order chi connectivity index (χ1) is 21.9. The van der Waals surface area contributed by atoms with Crippen LogP contribution in [0.3, 0.4) is 0 Å². The van der Waals surface area contributed by atoms with E-state index in [2.05, 4.69) is 5.32 Å². The molecule has 3 N–H and O–H groups in total. The number of hydrogen-bond acceptors (Lipinski definition) is 16. The molecular weight excluding hydrogens is 672 g/mol. The van der Waals surface area contributed by atoms with Crippen LogP contribution in [0, 0.1) is 0 Å². The lowest BCUT2D eigenvalue weighted by molar-refractivity contribution is -0.185. The van der Waals surface area contributed by atoms with Crippen LogP contribution in [0.25, 0.3) is 0 Å². The van der Waals surface area contributed by atoms with Gasteiger partial charge < -0.3 is 38.2 Å². The van der Waals surface area contributed by atoms with Crippen LogP contribution in [0.1, 0.15) is 50.7 Å². The lowest BCUT2D eigenvalue weighted by Gasteiger charge is -2.19. The van der Waals surface area contributed by atoms with Crippen LogP contribution in [-0.4, -0.2) is 81.9 Å². The molecule has 2 rings (SSSR count). The molecule has 1 aromatic carbocycles. The van der Waals surface area contributed by atoms with Crippen molar-refractivity contribution in [3.8, 4) is 0 Å². The monoisotopic (exact) mass is 704 g/mol. The van der Waals surface area contributed by atoms with Crippen molar-refractivity contribution in [2.24, 2.45) is 5.14 Å². The fraction of sp³-hybridized carbons (Fsp3) is 0.429. The number of rotatable bonds is 16. The molecular formula is C28H33ClN2O15S. The minimum Gasteiger partial charge on any atom is -0.467 e. The van der Waals surface area contributed by atoms with Gasteiger partial charge in [0.05, 0.1) is 35.7 Å². The number of carbonyl (C=O) groups excluding carboxylic acids is 6. The van der Waals surface area contributed by atoms with E-state index >= 15 is 0 Å². The maximum absolute atomic E-state index is 12.8. The van der Waals surface area contributed by atoms with Gasteiger partial charge in [-0.2, -0.15) is 0 Å². The van der Waals surface area contributed by atoms with Crippen molar-refractivity contribution in [2.75, 3.05) is 18.5 Å². The highest BCUT2D eigenvalue weighted by Crippen LogP contribution is 2.29. The van der Waals surface area contributed by atoms with Gasteiger partial charge in [-0.1, -0.05) is 11.6 Å². The zero-order valence-corrected chi connectivity index (χ0v) is 27.4. The number of anilines is 1. The van der Waals surface area contributed by atoms with Gasteiger partial charge in [-0.15, -0.1) is 0 Å². The van der Waals surface area contributed by atoms with Gasteiger partial charge >= 0.3 is 35.8 Å². The Morgan fingerprint density at radius 3 is 1.87 bits per heavy atom. The normalized spacial score (nSPS) is 13.6. The molecule has 4 unspecified atom stereocenters. The second kappa shape index (κ2) is 17.3. The van der Waals surface area contributed by atoms with Gasteiger partial charge in [-0.25, -0.2) is 42.3 Å². The number of hydrogen-bond donors (Lipinski definition) is 2. The largest absolute Gasteiger partial charge is 0.467 e. The molecule has 0 bridgehead atoms. The first-order valence-corrected chi connectivity index (χ1v) is 15.6. The summed E-state index contributed by atoms with van der Waals surface area (Å²) >= 11 is 6.04. The van der Waals surface area contributed by atoms with E-state index in [1.165, 1.54) is 13.2 Å². The summed E-state index contributed by atoms with van der Waals surface area (Å²) in [6.07, 6.45) is -4.49. The summed E-state index contributed by atoms with van der Waals surface area (Å²) in [5, 5.41) is 7.72. The fourth-order valence-corrected chi connectivity index (χ4v) is 4.48. The quantitative estimate of drug-likeness (QED) is 0.186. The second-order valence-corrected chi connectivity index (χ2v) is 11.4. The van der Waals surface area contributed by atoms with Crippen LogP contribution in [0.2, 0.25) is 5.02 Å². The molecule has 0 saturated heterocycles. The Kier molecular flexibility index (Phi) is 14.2. The Balaban J connectivity index is 1.94. The Morgan fingerprint density at radius 1 is 0.851 bits per heavy atom. The summed E-state index contributed by atoms with van der Waals surface area (Å²) in [6, 6.07) is 5.23. The molecule has 47 heavy (non-hydrogen) atoms. The van der Waals surface area contributed by atoms with Gasteiger partial charge in [0.15, 0.2) is 31.0 Å². The number of furan rings is 1. The van der Waals surface area contributed by atoms with Crippen molar-refractivity contribution in [3.05, 3.63) is 46.9 Å². The highest BCUT2D eigenvalue weighted by molar-refractivity contribution is 7.89. The molecule has 0 amide bonds. The summed E-state index contributed by atoms with van der Waals surface area (Å²) in [5.74, 6) is -6.14. The maximum Gasteiger partial charge on any atom is 0.347 e. The molecule has 0 saturated carbocycles. The average Bonchev–Trinajstić information content (AvgIpc) is 3.51. The second-order valence-electron chi connectivity index (χ2n) is 9.50. The number of benzene rings is 1. The molecule has 1 aromatic heterocycles. The fourth-order valence-electron chi connectivity index (χ4n) is 3.38. The van der Waals surface area contributed by atoms with E-state index in [-0.39, 0.29) is 29.4 Å². The van der Waals surface area contributed by atoms with Crippen molar-refractivity contribution >= 4 is 63.1 Å². The minimum absolute atomic E-state index is 0.0195. The van der Waals surface area contributed by atoms with E-state index in [4.69, 9.17) is 49.6 Å². The molecule has 0 aliphatic carbocycles. The zero-order valence-electron chi connectivity index (χ0n) is 25.8. The number of nitrogens with two attached hydrogens (primary N) is 1. The summed E-state index contributed by atoms with van der Waals surface area (Å²) in [6.45, 7) is 5.31. The van der Waals surface area contributed by atoms with Crippen molar-refractivity contribution in [1.29, 1.82) is 0 Å². The van der Waals surface area contributed by atoms with E-state index in [9.17, 15) is 37.2 Å². The molecule has 0 fully saturated rings. The number of sulfonamides is 1. The average molecular weight is 705 g/mol. The number of halogens is 1. The first kappa shape index (κ1) is 38.5. The van der Waals surface area contributed by atoms with Crippen LogP contribution in [0.5, 0.6) is 0 Å². The van der Waals surface area contributed by atoms with Crippen molar-refractivity contribution in [1.82, 2.24) is 0 Å². The van der Waals surface area contributed by atoms with E-state index in [0.717, 1.165) is 32.9 Å². The van der Waals surface area contributed by atoms with Crippen molar-refractivity contribution < 1.29 is 70.0 Å². The third-order valence-electron chi connectivity index (χ3n) is 5.75. The Morgan fingerprint density at radius 2 is 1.38 bits per heavy atom. The van der Waals surface area contributed by atoms with Gasteiger partial charge in [-0.05, 0) is 58.9 Å². The number of nitrogens with one attached hydrogen (secondary N) is 1. The number of ether oxygens (including phenoxy) is 6. The molecule has 0 spiro atoms. The molecule has 0 aliphatic heterocycles. The smallest absolute Gasteiger partial charge is 0.347 e. The van der Waals surface area contributed by atoms with Crippen LogP contribution in [0.15, 0.2) is 39.8 Å². The summed E-state index contributed by atoms with van der Waals surface area (Å²) in [4.78, 5) is 72.9. The number of carbonyl (C=O) groups is 6. The van der Waals surface area contributed by atoms with Gasteiger partial charge in [0.25, 0.3) is 0 Å². The Hall–Kier alpha value is -4.68. The molecule has 258 valence electrons. The third kappa shape index (κ3) is 11.9. The topological polar surface area (TPSA) is 243 Å². The molecule has 19 heteroatoms. The van der Waals surface area contributed by atoms with E-state index in [1.54, 1.807) is 19.1 Å². The summed E-state index contributed by atoms with van der Waals surface area (Å²) < 4.78 is 58.3. The third-order valence-corrected chi connectivity index (χ3v) is 7.13. The maximum atomic E-state index is 12.8. The molecule has 0 aliphatic rings. The van der Waals surface area contributed by atoms with Crippen LogP contribution in [0.4, 0.5) is 5.69 Å². The van der Waals surface area contributed by atoms with Gasteiger partial charge in [0, 0.05) is 0 Å². The lowest BCUT2D eigenvalue weighted by Crippen LogP contribution is -2.37. The van der Waals surface area contributed by atoms with E-state index in [0.29, 0.717) is 5.76 Å². The van der Waals surface area contributed by atoms with Crippen molar-refractivity contribution in [3.63, 3.8) is 0 Å². The molecule has 1 heterocycles. The SMILES string of the molecule is CCOC(=O)C(C)OC(=O)C(C)OC(=O)C(C)OC(=O)C(C)OC(=O)COC(=O)c1cc(S(N)(=O)=O)c(Cl)cc1NCc1ccco1. The van der Waals surface area contributed by atoms with Crippen LogP contribution >= 0.6 is 11.6 Å². The van der Waals surface area contributed by atoms with E-state index in [1.807, 2.05) is 0 Å². The Labute approximate surface area is 273 Å². The van der Waals surface area contributed by atoms with E-state index < -0.39 is 81.8 Å². The zero-order chi connectivity index (χ0) is 35.5. The Bertz CT molecular complexity index is 1580. The summed E-state index contributed by atoms with van der Waals surface area (Å²) in [5.41, 5.74) is -0.336. The summed E-state index contributed by atoms with van der Waals surface area (Å²) in [7, 11) is -4.36. The molecule has 4 atom stereocenters. The lowest BCUT2D eigenvalue weighted by atomic mass is 10.1. The van der Waals surface area contributed by atoms with Crippen LogP contribution in [-0.2, 0) is 69.0 Å². The first-order valence-electron chi connectivity index (χ1n) is 13.7. The number of primary sulfonamides is 1. The van der Waals surface area contributed by atoms with Crippen LogP contribution < -0.4 is 10.5 Å². The standard InChI is InChI=1S/C28H33ClN2O15S/c1-6-40-24(33)14(2)44-26(35)16(4)46-27(36)17(5)45-25(34)15(3)43-23(32)13-42-28(37)19-10-22(47(30,38)39)20(29)11-21(19)31-12-18-8-7-9-41-18/h7-11,14-17,31H,6,12-13H2,1-5H3,(H2,30,38,39). The molecule has 2 aromatic rings. The van der Waals surface area contributed by atoms with Gasteiger partial charge in [0.2, 0.25) is 10.0 Å². The molecule has 17 nitrogen and oxygen atoms in total. The highest BCUT2D eigenvalue weighted by Gasteiger charge is 2.30. The van der Waals surface area contributed by atoms with Gasteiger partial charge in [-0.3, -0.25) is 0 Å². The molecule has 0 radical (unpaired) electrons. The highest BCUT2D eigenvalue weighted by atomic mass is 35.5. The number of esters is 6. The predicted octanol–water partition coefficient (Wildman–Crippen LogP) is 1.64.